The van der Waals surface area contributed by atoms with E-state index in [4.69, 9.17) is 0 Å². The lowest BCUT2D eigenvalue weighted by Gasteiger charge is -2.33. The maximum absolute atomic E-state index is 2.48. The van der Waals surface area contributed by atoms with Crippen LogP contribution in [0.4, 0.5) is 17.1 Å². The SMILES string of the molecule is CC(C)(C)c1cc(-c2ccccc2)ccc1N(c1ccc(-c2ccccc2)cc1)c1ccc(-c2ccc3c(c2)C(C)(C)c2ccccc2-3)c2ccccc12. The number of hydrogen-bond acceptors (Lipinski definition) is 1. The summed E-state index contributed by atoms with van der Waals surface area (Å²) in [6, 6.07) is 67.1. The van der Waals surface area contributed by atoms with Gasteiger partial charge in [-0.3, -0.25) is 0 Å². The van der Waals surface area contributed by atoms with E-state index in [1.165, 1.54) is 77.7 Å². The van der Waals surface area contributed by atoms with Gasteiger partial charge in [-0.1, -0.05) is 180 Å². The monoisotopic (exact) mass is 695 g/mol. The van der Waals surface area contributed by atoms with Crippen LogP contribution in [0, 0.1) is 0 Å². The lowest BCUT2D eigenvalue weighted by molar-refractivity contribution is 0.591. The molecule has 0 saturated carbocycles. The van der Waals surface area contributed by atoms with Gasteiger partial charge in [0.15, 0.2) is 0 Å². The summed E-state index contributed by atoms with van der Waals surface area (Å²) in [5, 5.41) is 2.46. The van der Waals surface area contributed by atoms with Gasteiger partial charge in [0, 0.05) is 22.2 Å². The number of benzene rings is 8. The molecule has 54 heavy (non-hydrogen) atoms. The van der Waals surface area contributed by atoms with Crippen molar-refractivity contribution in [2.24, 2.45) is 0 Å². The van der Waals surface area contributed by atoms with E-state index in [0.29, 0.717) is 0 Å². The maximum atomic E-state index is 2.48. The van der Waals surface area contributed by atoms with E-state index in [9.17, 15) is 0 Å². The van der Waals surface area contributed by atoms with Gasteiger partial charge in [0.25, 0.3) is 0 Å². The largest absolute Gasteiger partial charge is 0.310 e. The van der Waals surface area contributed by atoms with Crippen molar-refractivity contribution in [3.05, 3.63) is 199 Å². The number of rotatable bonds is 6. The van der Waals surface area contributed by atoms with Crippen molar-refractivity contribution >= 4 is 27.8 Å². The molecule has 262 valence electrons. The quantitative estimate of drug-likeness (QED) is 0.167. The van der Waals surface area contributed by atoms with E-state index in [1.54, 1.807) is 0 Å². The molecule has 0 aromatic heterocycles. The molecule has 0 radical (unpaired) electrons. The molecule has 0 saturated heterocycles. The first-order valence-electron chi connectivity index (χ1n) is 19.1. The van der Waals surface area contributed by atoms with Gasteiger partial charge in [-0.05, 0) is 108 Å². The summed E-state index contributed by atoms with van der Waals surface area (Å²) in [6.07, 6.45) is 0. The van der Waals surface area contributed by atoms with Crippen LogP contribution >= 0.6 is 0 Å². The van der Waals surface area contributed by atoms with Crippen LogP contribution in [-0.4, -0.2) is 0 Å². The van der Waals surface area contributed by atoms with Gasteiger partial charge in [0.1, 0.15) is 0 Å². The molecular weight excluding hydrogens is 651 g/mol. The third-order valence-electron chi connectivity index (χ3n) is 11.4. The van der Waals surface area contributed by atoms with Crippen LogP contribution < -0.4 is 4.90 Å². The predicted octanol–water partition coefficient (Wildman–Crippen LogP) is 14.9. The third-order valence-corrected chi connectivity index (χ3v) is 11.4. The van der Waals surface area contributed by atoms with Gasteiger partial charge >= 0.3 is 0 Å². The number of nitrogens with zero attached hydrogens (tertiary/aromatic N) is 1. The van der Waals surface area contributed by atoms with E-state index in [-0.39, 0.29) is 10.8 Å². The molecule has 0 bridgehead atoms. The van der Waals surface area contributed by atoms with Crippen LogP contribution in [0.1, 0.15) is 51.3 Å². The Labute approximate surface area is 320 Å². The molecular formula is C53H45N. The van der Waals surface area contributed by atoms with Crippen LogP contribution in [0.25, 0.3) is 55.3 Å². The minimum Gasteiger partial charge on any atom is -0.310 e. The van der Waals surface area contributed by atoms with Gasteiger partial charge in [0.05, 0.1) is 5.69 Å². The lowest BCUT2D eigenvalue weighted by Crippen LogP contribution is -2.19. The lowest BCUT2D eigenvalue weighted by atomic mass is 9.81. The molecule has 0 N–H and O–H groups in total. The molecule has 0 amide bonds. The highest BCUT2D eigenvalue weighted by atomic mass is 15.1. The van der Waals surface area contributed by atoms with Crippen LogP contribution in [0.3, 0.4) is 0 Å². The average Bonchev–Trinajstić information content (AvgIpc) is 3.44. The van der Waals surface area contributed by atoms with E-state index < -0.39 is 0 Å². The van der Waals surface area contributed by atoms with Gasteiger partial charge in [-0.25, -0.2) is 0 Å². The van der Waals surface area contributed by atoms with Gasteiger partial charge in [-0.2, -0.15) is 0 Å². The minimum absolute atomic E-state index is 0.0599. The van der Waals surface area contributed by atoms with Crippen LogP contribution in [-0.2, 0) is 10.8 Å². The summed E-state index contributed by atoms with van der Waals surface area (Å²) in [5.74, 6) is 0. The van der Waals surface area contributed by atoms with Gasteiger partial charge < -0.3 is 4.90 Å². The molecule has 0 heterocycles. The first-order valence-corrected chi connectivity index (χ1v) is 19.1. The summed E-state index contributed by atoms with van der Waals surface area (Å²) < 4.78 is 0. The Morgan fingerprint density at radius 3 is 1.61 bits per heavy atom. The second-order valence-electron chi connectivity index (χ2n) is 16.2. The van der Waals surface area contributed by atoms with Crippen molar-refractivity contribution in [1.29, 1.82) is 0 Å². The zero-order valence-corrected chi connectivity index (χ0v) is 31.8. The van der Waals surface area contributed by atoms with Gasteiger partial charge in [-0.15, -0.1) is 0 Å². The highest BCUT2D eigenvalue weighted by Crippen LogP contribution is 2.51. The smallest absolute Gasteiger partial charge is 0.0540 e. The van der Waals surface area contributed by atoms with Crippen molar-refractivity contribution < 1.29 is 0 Å². The Kier molecular flexibility index (Phi) is 8.12. The highest BCUT2D eigenvalue weighted by Gasteiger charge is 2.35. The number of fused-ring (bicyclic) bond motifs is 4. The van der Waals surface area contributed by atoms with Crippen molar-refractivity contribution in [3.63, 3.8) is 0 Å². The summed E-state index contributed by atoms with van der Waals surface area (Å²) in [6.45, 7) is 11.7. The third kappa shape index (κ3) is 5.72. The Morgan fingerprint density at radius 1 is 0.389 bits per heavy atom. The summed E-state index contributed by atoms with van der Waals surface area (Å²) in [5.41, 5.74) is 17.5. The molecule has 8 aromatic carbocycles. The molecule has 0 aliphatic heterocycles. The van der Waals surface area contributed by atoms with Crippen LogP contribution in [0.15, 0.2) is 182 Å². The highest BCUT2D eigenvalue weighted by molar-refractivity contribution is 6.07. The molecule has 0 spiro atoms. The molecule has 1 aliphatic carbocycles. The Bertz CT molecular complexity index is 2640. The van der Waals surface area contributed by atoms with E-state index >= 15 is 0 Å². The molecule has 1 heteroatoms. The first kappa shape index (κ1) is 33.6. The fourth-order valence-corrected chi connectivity index (χ4v) is 8.59. The molecule has 0 atom stereocenters. The topological polar surface area (TPSA) is 3.24 Å². The zero-order chi connectivity index (χ0) is 37.0. The van der Waals surface area contributed by atoms with Crippen molar-refractivity contribution in [2.45, 2.75) is 45.4 Å². The van der Waals surface area contributed by atoms with Crippen molar-refractivity contribution in [2.75, 3.05) is 4.90 Å². The van der Waals surface area contributed by atoms with Gasteiger partial charge in [0.2, 0.25) is 0 Å². The average molecular weight is 696 g/mol. The fourth-order valence-electron chi connectivity index (χ4n) is 8.59. The normalized spacial score (nSPS) is 13.1. The summed E-state index contributed by atoms with van der Waals surface area (Å²) in [4.78, 5) is 2.48. The van der Waals surface area contributed by atoms with Crippen LogP contribution in [0.2, 0.25) is 0 Å². The minimum atomic E-state index is -0.118. The predicted molar refractivity (Wildman–Crippen MR) is 231 cm³/mol. The molecule has 8 aromatic rings. The second kappa shape index (κ2) is 13.0. The van der Waals surface area contributed by atoms with Crippen molar-refractivity contribution in [3.8, 4) is 44.5 Å². The van der Waals surface area contributed by atoms with Crippen LogP contribution in [0.5, 0.6) is 0 Å². The zero-order valence-electron chi connectivity index (χ0n) is 31.8. The van der Waals surface area contributed by atoms with E-state index in [2.05, 4.69) is 222 Å². The molecule has 9 rings (SSSR count). The number of anilines is 3. The number of hydrogen-bond donors (Lipinski definition) is 0. The second-order valence-corrected chi connectivity index (χ2v) is 16.2. The Balaban J connectivity index is 1.24. The summed E-state index contributed by atoms with van der Waals surface area (Å²) >= 11 is 0. The van der Waals surface area contributed by atoms with E-state index in [1.807, 2.05) is 0 Å². The fraction of sp³-hybridized carbons (Fsp3) is 0.132. The standard InChI is InChI=1S/C53H45N/c1-52(2,3)49-34-39(37-18-10-7-11-19-37)27-32-51(49)54(41-28-24-38(25-29-41)36-16-8-6-9-17-36)50-33-31-42(43-20-12-13-22-46(43)50)40-26-30-45-44-21-14-15-23-47(44)53(4,5)48(45)35-40/h6-35H,1-5H3. The molecule has 0 fully saturated rings. The summed E-state index contributed by atoms with van der Waals surface area (Å²) in [7, 11) is 0. The first-order chi connectivity index (χ1) is 26.2. The molecule has 0 unspecified atom stereocenters. The van der Waals surface area contributed by atoms with E-state index in [0.717, 1.165) is 11.4 Å². The maximum Gasteiger partial charge on any atom is 0.0540 e. The molecule has 1 aliphatic rings. The molecule has 1 nitrogen and oxygen atoms in total. The Morgan fingerprint density at radius 2 is 0.907 bits per heavy atom. The Hall–Kier alpha value is -6.18. The van der Waals surface area contributed by atoms with Crippen molar-refractivity contribution in [1.82, 2.24) is 0 Å².